The second-order valence-electron chi connectivity index (χ2n) is 3.26. The number of ether oxygens (including phenoxy) is 2. The molecule has 4 heteroatoms. The standard InChI is InChI=1S/C11H12O3S/c12-9(3-6-15)8-1-2-10-11(7-8)14-5-4-13-10/h1-2,7,15H,3-6H2. The number of rotatable bonds is 3. The maximum Gasteiger partial charge on any atom is 0.163 e. The van der Waals surface area contributed by atoms with Crippen molar-refractivity contribution in [1.82, 2.24) is 0 Å². The second kappa shape index (κ2) is 4.57. The number of thiol groups is 1. The number of hydrogen-bond donors (Lipinski definition) is 1. The lowest BCUT2D eigenvalue weighted by Gasteiger charge is -2.18. The lowest BCUT2D eigenvalue weighted by atomic mass is 10.1. The maximum atomic E-state index is 11.6. The van der Waals surface area contributed by atoms with Gasteiger partial charge in [0.05, 0.1) is 0 Å². The third-order valence-electron chi connectivity index (χ3n) is 2.20. The Morgan fingerprint density at radius 1 is 1.27 bits per heavy atom. The van der Waals surface area contributed by atoms with Crippen molar-refractivity contribution in [2.75, 3.05) is 19.0 Å². The molecular weight excluding hydrogens is 212 g/mol. The molecule has 0 spiro atoms. The van der Waals surface area contributed by atoms with Crippen LogP contribution in [0.25, 0.3) is 0 Å². The summed E-state index contributed by atoms with van der Waals surface area (Å²) in [6.45, 7) is 1.11. The van der Waals surface area contributed by atoms with Crippen molar-refractivity contribution < 1.29 is 14.3 Å². The monoisotopic (exact) mass is 224 g/mol. The van der Waals surface area contributed by atoms with Gasteiger partial charge in [0, 0.05) is 12.0 Å². The Morgan fingerprint density at radius 3 is 2.73 bits per heavy atom. The summed E-state index contributed by atoms with van der Waals surface area (Å²) in [4.78, 5) is 11.6. The largest absolute Gasteiger partial charge is 0.486 e. The van der Waals surface area contributed by atoms with Crippen molar-refractivity contribution in [3.05, 3.63) is 23.8 Å². The fourth-order valence-corrected chi connectivity index (χ4v) is 1.67. The molecule has 0 fully saturated rings. The molecule has 1 aliphatic rings. The Labute approximate surface area is 93.8 Å². The lowest BCUT2D eigenvalue weighted by molar-refractivity contribution is 0.0988. The van der Waals surface area contributed by atoms with Crippen molar-refractivity contribution in [1.29, 1.82) is 0 Å². The number of carbonyl (C=O) groups excluding carboxylic acids is 1. The summed E-state index contributed by atoms with van der Waals surface area (Å²) in [7, 11) is 0. The van der Waals surface area contributed by atoms with Crippen LogP contribution in [0.1, 0.15) is 16.8 Å². The molecule has 1 aromatic carbocycles. The molecule has 0 saturated carbocycles. The van der Waals surface area contributed by atoms with Gasteiger partial charge in [0.1, 0.15) is 13.2 Å². The molecule has 2 rings (SSSR count). The fourth-order valence-electron chi connectivity index (χ4n) is 1.46. The molecule has 0 bridgehead atoms. The van der Waals surface area contributed by atoms with E-state index in [0.717, 1.165) is 0 Å². The van der Waals surface area contributed by atoms with Gasteiger partial charge < -0.3 is 9.47 Å². The molecule has 15 heavy (non-hydrogen) atoms. The molecule has 1 heterocycles. The third-order valence-corrected chi connectivity index (χ3v) is 2.43. The van der Waals surface area contributed by atoms with Gasteiger partial charge in [0.15, 0.2) is 17.3 Å². The van der Waals surface area contributed by atoms with Crippen LogP contribution in [0, 0.1) is 0 Å². The molecule has 0 saturated heterocycles. The molecular formula is C11H12O3S. The van der Waals surface area contributed by atoms with E-state index in [0.29, 0.717) is 42.4 Å². The van der Waals surface area contributed by atoms with Crippen LogP contribution in [-0.2, 0) is 0 Å². The van der Waals surface area contributed by atoms with Crippen LogP contribution in [-0.4, -0.2) is 24.7 Å². The number of Topliss-reactive ketones (excluding diaryl/α,β-unsaturated/α-hetero) is 1. The van der Waals surface area contributed by atoms with E-state index < -0.39 is 0 Å². The molecule has 0 aliphatic carbocycles. The van der Waals surface area contributed by atoms with Crippen LogP contribution in [0.4, 0.5) is 0 Å². The Balaban J connectivity index is 2.24. The summed E-state index contributed by atoms with van der Waals surface area (Å²) in [6.07, 6.45) is 0.447. The smallest absolute Gasteiger partial charge is 0.163 e. The molecule has 1 aliphatic heterocycles. The molecule has 3 nitrogen and oxygen atoms in total. The SMILES string of the molecule is O=C(CCS)c1ccc2c(c1)OCCO2. The summed E-state index contributed by atoms with van der Waals surface area (Å²) in [6, 6.07) is 5.28. The first-order chi connectivity index (χ1) is 7.31. The predicted octanol–water partition coefficient (Wildman–Crippen LogP) is 1.96. The summed E-state index contributed by atoms with van der Waals surface area (Å²) < 4.78 is 10.8. The average Bonchev–Trinajstić information content (AvgIpc) is 2.29. The third kappa shape index (κ3) is 2.26. The highest BCUT2D eigenvalue weighted by atomic mass is 32.1. The molecule has 80 valence electrons. The zero-order valence-corrected chi connectivity index (χ0v) is 9.13. The lowest BCUT2D eigenvalue weighted by Crippen LogP contribution is -2.15. The first kappa shape index (κ1) is 10.4. The van der Waals surface area contributed by atoms with Crippen LogP contribution in [0.2, 0.25) is 0 Å². The van der Waals surface area contributed by atoms with Crippen LogP contribution in [0.15, 0.2) is 18.2 Å². The van der Waals surface area contributed by atoms with E-state index in [1.165, 1.54) is 0 Å². The normalized spacial score (nSPS) is 13.7. The summed E-state index contributed by atoms with van der Waals surface area (Å²) in [5, 5.41) is 0. The Morgan fingerprint density at radius 2 is 2.00 bits per heavy atom. The number of fused-ring (bicyclic) bond motifs is 1. The molecule has 0 N–H and O–H groups in total. The van der Waals surface area contributed by atoms with Gasteiger partial charge >= 0.3 is 0 Å². The number of hydrogen-bond acceptors (Lipinski definition) is 4. The zero-order chi connectivity index (χ0) is 10.7. The van der Waals surface area contributed by atoms with Crippen LogP contribution in [0.3, 0.4) is 0 Å². The van der Waals surface area contributed by atoms with Crippen molar-refractivity contribution in [2.24, 2.45) is 0 Å². The maximum absolute atomic E-state index is 11.6. The number of benzene rings is 1. The van der Waals surface area contributed by atoms with E-state index in [-0.39, 0.29) is 5.78 Å². The van der Waals surface area contributed by atoms with Gasteiger partial charge in [0.25, 0.3) is 0 Å². The van der Waals surface area contributed by atoms with E-state index in [4.69, 9.17) is 9.47 Å². The summed E-state index contributed by atoms with van der Waals surface area (Å²) >= 11 is 4.03. The molecule has 0 aromatic heterocycles. The minimum Gasteiger partial charge on any atom is -0.486 e. The highest BCUT2D eigenvalue weighted by molar-refractivity contribution is 7.80. The Bertz CT molecular complexity index is 376. The van der Waals surface area contributed by atoms with E-state index in [1.54, 1.807) is 18.2 Å². The zero-order valence-electron chi connectivity index (χ0n) is 8.23. The minimum atomic E-state index is 0.0852. The van der Waals surface area contributed by atoms with E-state index in [1.807, 2.05) is 0 Å². The number of ketones is 1. The number of carbonyl (C=O) groups is 1. The van der Waals surface area contributed by atoms with Gasteiger partial charge in [-0.1, -0.05) is 0 Å². The van der Waals surface area contributed by atoms with Crippen molar-refractivity contribution in [3.8, 4) is 11.5 Å². The van der Waals surface area contributed by atoms with Crippen molar-refractivity contribution in [3.63, 3.8) is 0 Å². The highest BCUT2D eigenvalue weighted by Gasteiger charge is 2.14. The Kier molecular flexibility index (Phi) is 3.16. The molecule has 0 radical (unpaired) electrons. The van der Waals surface area contributed by atoms with E-state index in [9.17, 15) is 4.79 Å². The molecule has 0 atom stereocenters. The first-order valence-corrected chi connectivity index (χ1v) is 5.48. The summed E-state index contributed by atoms with van der Waals surface area (Å²) in [5.41, 5.74) is 0.660. The first-order valence-electron chi connectivity index (χ1n) is 4.85. The quantitative estimate of drug-likeness (QED) is 0.629. The molecule has 0 unspecified atom stereocenters. The van der Waals surface area contributed by atoms with Gasteiger partial charge in [-0.25, -0.2) is 0 Å². The Hall–Kier alpha value is -1.16. The van der Waals surface area contributed by atoms with E-state index in [2.05, 4.69) is 12.6 Å². The van der Waals surface area contributed by atoms with Crippen LogP contribution >= 0.6 is 12.6 Å². The van der Waals surface area contributed by atoms with Crippen LogP contribution in [0.5, 0.6) is 11.5 Å². The second-order valence-corrected chi connectivity index (χ2v) is 3.70. The molecule has 0 amide bonds. The molecule has 1 aromatic rings. The highest BCUT2D eigenvalue weighted by Crippen LogP contribution is 2.31. The van der Waals surface area contributed by atoms with Gasteiger partial charge in [-0.05, 0) is 24.0 Å². The topological polar surface area (TPSA) is 35.5 Å². The fraction of sp³-hybridized carbons (Fsp3) is 0.364. The minimum absolute atomic E-state index is 0.0852. The summed E-state index contributed by atoms with van der Waals surface area (Å²) in [5.74, 6) is 2.02. The van der Waals surface area contributed by atoms with Crippen LogP contribution < -0.4 is 9.47 Å². The van der Waals surface area contributed by atoms with Gasteiger partial charge in [-0.3, -0.25) is 4.79 Å². The van der Waals surface area contributed by atoms with Crippen molar-refractivity contribution >= 4 is 18.4 Å². The van der Waals surface area contributed by atoms with Crippen molar-refractivity contribution in [2.45, 2.75) is 6.42 Å². The van der Waals surface area contributed by atoms with Gasteiger partial charge in [-0.15, -0.1) is 0 Å². The predicted molar refractivity (Wildman–Crippen MR) is 60.2 cm³/mol. The van der Waals surface area contributed by atoms with E-state index >= 15 is 0 Å². The van der Waals surface area contributed by atoms with Gasteiger partial charge in [0.2, 0.25) is 0 Å². The van der Waals surface area contributed by atoms with Gasteiger partial charge in [-0.2, -0.15) is 12.6 Å². The average molecular weight is 224 g/mol.